The lowest BCUT2D eigenvalue weighted by atomic mass is 10.1. The molecule has 2 rings (SSSR count). The molecule has 0 atom stereocenters. The summed E-state index contributed by atoms with van der Waals surface area (Å²) in [5, 5.41) is 9.24. The molecule has 19 heavy (non-hydrogen) atoms. The molecule has 0 aliphatic heterocycles. The van der Waals surface area contributed by atoms with Crippen LogP contribution < -0.4 is 4.72 Å². The van der Waals surface area contributed by atoms with Gasteiger partial charge in [-0.1, -0.05) is 43.9 Å². The summed E-state index contributed by atoms with van der Waals surface area (Å²) in [7, 11) is -3.53. The van der Waals surface area contributed by atoms with Crippen LogP contribution in [-0.4, -0.2) is 19.6 Å². The van der Waals surface area contributed by atoms with Crippen molar-refractivity contribution in [2.45, 2.75) is 56.1 Å². The summed E-state index contributed by atoms with van der Waals surface area (Å²) in [5.41, 5.74) is 0.448. The molecule has 0 unspecified atom stereocenters. The first kappa shape index (κ1) is 14.5. The average molecular weight is 283 g/mol. The maximum absolute atomic E-state index is 12.4. The predicted octanol–water partition coefficient (Wildman–Crippen LogP) is 2.18. The minimum atomic E-state index is -3.53. The zero-order chi connectivity index (χ0) is 13.7. The Bertz CT molecular complexity index is 505. The molecule has 0 bridgehead atoms. The van der Waals surface area contributed by atoms with E-state index in [-0.39, 0.29) is 17.5 Å². The highest BCUT2D eigenvalue weighted by molar-refractivity contribution is 7.89. The molecule has 0 aromatic heterocycles. The molecule has 1 aromatic rings. The van der Waals surface area contributed by atoms with E-state index in [2.05, 4.69) is 4.72 Å². The summed E-state index contributed by atoms with van der Waals surface area (Å²) in [6.07, 6.45) is 6.33. The van der Waals surface area contributed by atoms with Gasteiger partial charge >= 0.3 is 0 Å². The summed E-state index contributed by atoms with van der Waals surface area (Å²) in [4.78, 5) is 0.196. The predicted molar refractivity (Wildman–Crippen MR) is 74.2 cm³/mol. The lowest BCUT2D eigenvalue weighted by molar-refractivity contribution is 0.278. The molecule has 5 heteroatoms. The standard InChI is InChI=1S/C14H21NO3S/c16-11-12-7-5-6-10-14(12)19(17,18)15-13-8-3-1-2-4-9-13/h5-7,10,13,15-16H,1-4,8-9,11H2. The summed E-state index contributed by atoms with van der Waals surface area (Å²) in [5.74, 6) is 0. The van der Waals surface area contributed by atoms with Crippen LogP contribution in [0.1, 0.15) is 44.1 Å². The van der Waals surface area contributed by atoms with Crippen molar-refractivity contribution < 1.29 is 13.5 Å². The molecule has 0 radical (unpaired) electrons. The van der Waals surface area contributed by atoms with E-state index in [9.17, 15) is 13.5 Å². The minimum absolute atomic E-state index is 0.0271. The Labute approximate surface area is 114 Å². The van der Waals surface area contributed by atoms with Crippen LogP contribution >= 0.6 is 0 Å². The number of nitrogens with one attached hydrogen (secondary N) is 1. The second kappa shape index (κ2) is 6.50. The van der Waals surface area contributed by atoms with E-state index in [1.165, 1.54) is 12.8 Å². The van der Waals surface area contributed by atoms with Crippen LogP contribution in [-0.2, 0) is 16.6 Å². The van der Waals surface area contributed by atoms with Gasteiger partial charge in [0.1, 0.15) is 0 Å². The molecule has 4 nitrogen and oxygen atoms in total. The van der Waals surface area contributed by atoms with Gasteiger partial charge in [0.15, 0.2) is 0 Å². The SMILES string of the molecule is O=S(=O)(NC1CCCCCC1)c1ccccc1CO. The Morgan fingerprint density at radius 3 is 2.37 bits per heavy atom. The van der Waals surface area contributed by atoms with Gasteiger partial charge in [0.05, 0.1) is 11.5 Å². The zero-order valence-corrected chi connectivity index (χ0v) is 11.8. The fraction of sp³-hybridized carbons (Fsp3) is 0.571. The molecule has 1 saturated carbocycles. The Morgan fingerprint density at radius 2 is 1.74 bits per heavy atom. The van der Waals surface area contributed by atoms with Gasteiger partial charge in [0, 0.05) is 6.04 Å². The summed E-state index contributed by atoms with van der Waals surface area (Å²) >= 11 is 0. The summed E-state index contributed by atoms with van der Waals surface area (Å²) < 4.78 is 27.5. The number of aliphatic hydroxyl groups is 1. The normalized spacial score (nSPS) is 18.2. The van der Waals surface area contributed by atoms with Crippen molar-refractivity contribution in [2.24, 2.45) is 0 Å². The summed E-state index contributed by atoms with van der Waals surface area (Å²) in [6.45, 7) is -0.262. The van der Waals surface area contributed by atoms with Crippen molar-refractivity contribution in [1.29, 1.82) is 0 Å². The first-order valence-electron chi connectivity index (χ1n) is 6.84. The van der Waals surface area contributed by atoms with Gasteiger partial charge in [0.2, 0.25) is 10.0 Å². The van der Waals surface area contributed by atoms with Gasteiger partial charge in [-0.05, 0) is 24.5 Å². The van der Waals surface area contributed by atoms with Crippen molar-refractivity contribution in [3.63, 3.8) is 0 Å². The molecule has 2 N–H and O–H groups in total. The van der Waals surface area contributed by atoms with Gasteiger partial charge in [0.25, 0.3) is 0 Å². The monoisotopic (exact) mass is 283 g/mol. The Balaban J connectivity index is 2.17. The molecule has 0 heterocycles. The van der Waals surface area contributed by atoms with E-state index in [1.54, 1.807) is 24.3 Å². The molecule has 106 valence electrons. The van der Waals surface area contributed by atoms with Crippen LogP contribution in [0.15, 0.2) is 29.2 Å². The molecule has 0 amide bonds. The first-order chi connectivity index (χ1) is 9.13. The second-order valence-corrected chi connectivity index (χ2v) is 6.76. The third kappa shape index (κ3) is 3.78. The van der Waals surface area contributed by atoms with Gasteiger partial charge in [-0.3, -0.25) is 0 Å². The van der Waals surface area contributed by atoms with Crippen molar-refractivity contribution in [2.75, 3.05) is 0 Å². The van der Waals surface area contributed by atoms with Gasteiger partial charge in [-0.2, -0.15) is 0 Å². The van der Waals surface area contributed by atoms with Crippen LogP contribution in [0.4, 0.5) is 0 Å². The Kier molecular flexibility index (Phi) is 4.96. The van der Waals surface area contributed by atoms with Crippen molar-refractivity contribution in [1.82, 2.24) is 4.72 Å². The molecule has 0 saturated heterocycles. The number of benzene rings is 1. The fourth-order valence-corrected chi connectivity index (χ4v) is 4.11. The second-order valence-electron chi connectivity index (χ2n) is 5.08. The smallest absolute Gasteiger partial charge is 0.241 e. The molecule has 1 aromatic carbocycles. The number of hydrogen-bond acceptors (Lipinski definition) is 3. The molecule has 1 aliphatic rings. The largest absolute Gasteiger partial charge is 0.392 e. The molecular weight excluding hydrogens is 262 g/mol. The Hall–Kier alpha value is -0.910. The van der Waals surface area contributed by atoms with E-state index in [1.807, 2.05) is 0 Å². The number of sulfonamides is 1. The van der Waals surface area contributed by atoms with Gasteiger partial charge in [-0.25, -0.2) is 13.1 Å². The van der Waals surface area contributed by atoms with Crippen molar-refractivity contribution >= 4 is 10.0 Å². The minimum Gasteiger partial charge on any atom is -0.392 e. The quantitative estimate of drug-likeness (QED) is 0.832. The van der Waals surface area contributed by atoms with Crippen molar-refractivity contribution in [3.05, 3.63) is 29.8 Å². The van der Waals surface area contributed by atoms with Gasteiger partial charge < -0.3 is 5.11 Å². The van der Waals surface area contributed by atoms with E-state index in [0.29, 0.717) is 5.56 Å². The van der Waals surface area contributed by atoms with E-state index in [0.717, 1.165) is 25.7 Å². The van der Waals surface area contributed by atoms with E-state index < -0.39 is 10.0 Å². The Morgan fingerprint density at radius 1 is 1.11 bits per heavy atom. The maximum Gasteiger partial charge on any atom is 0.241 e. The molecule has 1 fully saturated rings. The summed E-state index contributed by atoms with van der Waals surface area (Å²) in [6, 6.07) is 6.63. The van der Waals surface area contributed by atoms with Crippen LogP contribution in [0.25, 0.3) is 0 Å². The molecule has 1 aliphatic carbocycles. The highest BCUT2D eigenvalue weighted by Crippen LogP contribution is 2.21. The highest BCUT2D eigenvalue weighted by Gasteiger charge is 2.22. The molecular formula is C14H21NO3S. The molecule has 0 spiro atoms. The number of hydrogen-bond donors (Lipinski definition) is 2. The number of aliphatic hydroxyl groups excluding tert-OH is 1. The third-order valence-electron chi connectivity index (χ3n) is 3.61. The van der Waals surface area contributed by atoms with Crippen molar-refractivity contribution in [3.8, 4) is 0 Å². The van der Waals surface area contributed by atoms with Crippen LogP contribution in [0.2, 0.25) is 0 Å². The lowest BCUT2D eigenvalue weighted by Gasteiger charge is -2.17. The zero-order valence-electron chi connectivity index (χ0n) is 11.0. The average Bonchev–Trinajstić information content (AvgIpc) is 2.67. The van der Waals surface area contributed by atoms with Crippen LogP contribution in [0.3, 0.4) is 0 Å². The third-order valence-corrected chi connectivity index (χ3v) is 5.23. The highest BCUT2D eigenvalue weighted by atomic mass is 32.2. The van der Waals surface area contributed by atoms with Gasteiger partial charge in [-0.15, -0.1) is 0 Å². The number of rotatable bonds is 4. The van der Waals surface area contributed by atoms with Crippen LogP contribution in [0, 0.1) is 0 Å². The topological polar surface area (TPSA) is 66.4 Å². The van der Waals surface area contributed by atoms with E-state index in [4.69, 9.17) is 0 Å². The van der Waals surface area contributed by atoms with Crippen LogP contribution in [0.5, 0.6) is 0 Å². The first-order valence-corrected chi connectivity index (χ1v) is 8.33. The maximum atomic E-state index is 12.4. The van der Waals surface area contributed by atoms with E-state index >= 15 is 0 Å². The fourth-order valence-electron chi connectivity index (χ4n) is 2.58. The lowest BCUT2D eigenvalue weighted by Crippen LogP contribution is -2.34.